The van der Waals surface area contributed by atoms with Crippen molar-refractivity contribution < 1.29 is 4.79 Å². The number of pyridine rings is 1. The average molecular weight is 373 g/mol. The molecular formula is C22H19N3OS. The van der Waals surface area contributed by atoms with Crippen LogP contribution in [-0.2, 0) is 17.6 Å². The highest BCUT2D eigenvalue weighted by atomic mass is 32.2. The van der Waals surface area contributed by atoms with E-state index in [0.717, 1.165) is 46.4 Å². The zero-order valence-electron chi connectivity index (χ0n) is 14.9. The Morgan fingerprint density at radius 2 is 2.00 bits per heavy atom. The third-order valence-corrected chi connectivity index (χ3v) is 5.73. The lowest BCUT2D eigenvalue weighted by Crippen LogP contribution is -2.12. The molecule has 1 aromatic heterocycles. The molecule has 4 rings (SSSR count). The smallest absolute Gasteiger partial charge is 0.225 e. The summed E-state index contributed by atoms with van der Waals surface area (Å²) in [6, 6.07) is 18.2. The second-order valence-electron chi connectivity index (χ2n) is 6.62. The van der Waals surface area contributed by atoms with Gasteiger partial charge in [-0.25, -0.2) is 4.98 Å². The minimum atomic E-state index is -0.0301. The topological polar surface area (TPSA) is 65.8 Å². The van der Waals surface area contributed by atoms with E-state index < -0.39 is 0 Å². The van der Waals surface area contributed by atoms with Crippen LogP contribution in [0.3, 0.4) is 0 Å². The molecule has 0 fully saturated rings. The van der Waals surface area contributed by atoms with Crippen molar-refractivity contribution in [2.45, 2.75) is 30.7 Å². The predicted octanol–water partition coefficient (Wildman–Crippen LogP) is 4.72. The standard InChI is InChI=1S/C22H19N3OS/c23-14-18-12-17-6-3-7-20(17)25-22(18)27-11-10-21(26)24-19-9-8-15-4-1-2-5-16(15)13-19/h1-2,4-5,8-9,12-13H,3,6-7,10-11H2,(H,24,26). The van der Waals surface area contributed by atoms with E-state index in [9.17, 15) is 10.1 Å². The highest BCUT2D eigenvalue weighted by Gasteiger charge is 2.17. The lowest BCUT2D eigenvalue weighted by Gasteiger charge is -2.08. The van der Waals surface area contributed by atoms with Gasteiger partial charge < -0.3 is 5.32 Å². The number of fused-ring (bicyclic) bond motifs is 2. The number of nitriles is 1. The van der Waals surface area contributed by atoms with Crippen LogP contribution < -0.4 is 5.32 Å². The van der Waals surface area contributed by atoms with E-state index in [1.165, 1.54) is 17.3 Å². The van der Waals surface area contributed by atoms with Crippen LogP contribution >= 0.6 is 11.8 Å². The van der Waals surface area contributed by atoms with Crippen LogP contribution in [-0.4, -0.2) is 16.6 Å². The van der Waals surface area contributed by atoms with Crippen molar-refractivity contribution in [3.05, 3.63) is 65.4 Å². The van der Waals surface area contributed by atoms with E-state index in [4.69, 9.17) is 0 Å². The number of carbonyl (C=O) groups excluding carboxylic acids is 1. The molecule has 5 heteroatoms. The monoisotopic (exact) mass is 373 g/mol. The lowest BCUT2D eigenvalue weighted by molar-refractivity contribution is -0.115. The second-order valence-corrected chi connectivity index (χ2v) is 7.70. The molecule has 0 aliphatic heterocycles. The van der Waals surface area contributed by atoms with Crippen LogP contribution in [0.4, 0.5) is 5.69 Å². The molecule has 1 N–H and O–H groups in total. The summed E-state index contributed by atoms with van der Waals surface area (Å²) in [7, 11) is 0. The number of thioether (sulfide) groups is 1. The quantitative estimate of drug-likeness (QED) is 0.658. The largest absolute Gasteiger partial charge is 0.326 e. The number of amides is 1. The maximum absolute atomic E-state index is 12.3. The number of hydrogen-bond acceptors (Lipinski definition) is 4. The summed E-state index contributed by atoms with van der Waals surface area (Å²) < 4.78 is 0. The van der Waals surface area contributed by atoms with E-state index in [1.807, 2.05) is 48.5 Å². The Hall–Kier alpha value is -2.84. The maximum Gasteiger partial charge on any atom is 0.225 e. The summed E-state index contributed by atoms with van der Waals surface area (Å²) >= 11 is 1.48. The molecule has 27 heavy (non-hydrogen) atoms. The van der Waals surface area contributed by atoms with Gasteiger partial charge in [-0.15, -0.1) is 11.8 Å². The van der Waals surface area contributed by atoms with Gasteiger partial charge in [0.15, 0.2) is 0 Å². The number of benzene rings is 2. The second kappa shape index (κ2) is 7.81. The number of hydrogen-bond donors (Lipinski definition) is 1. The minimum absolute atomic E-state index is 0.0301. The number of aromatic nitrogens is 1. The van der Waals surface area contributed by atoms with Crippen LogP contribution in [0.25, 0.3) is 10.8 Å². The van der Waals surface area contributed by atoms with Gasteiger partial charge in [0.05, 0.1) is 5.56 Å². The van der Waals surface area contributed by atoms with Gasteiger partial charge in [-0.3, -0.25) is 4.79 Å². The van der Waals surface area contributed by atoms with Crippen molar-refractivity contribution in [2.75, 3.05) is 11.1 Å². The molecule has 134 valence electrons. The molecule has 0 radical (unpaired) electrons. The molecule has 0 spiro atoms. The minimum Gasteiger partial charge on any atom is -0.326 e. The third kappa shape index (κ3) is 3.96. The number of rotatable bonds is 5. The van der Waals surface area contributed by atoms with E-state index >= 15 is 0 Å². The van der Waals surface area contributed by atoms with Crippen LogP contribution in [0.1, 0.15) is 29.7 Å². The van der Waals surface area contributed by atoms with E-state index in [0.29, 0.717) is 17.7 Å². The average Bonchev–Trinajstić information content (AvgIpc) is 3.14. The summed E-state index contributed by atoms with van der Waals surface area (Å²) in [6.07, 6.45) is 3.48. The van der Waals surface area contributed by atoms with E-state index in [-0.39, 0.29) is 5.91 Å². The summed E-state index contributed by atoms with van der Waals surface area (Å²) in [5.41, 5.74) is 3.73. The number of nitrogens with zero attached hydrogens (tertiary/aromatic N) is 2. The molecule has 0 unspecified atom stereocenters. The van der Waals surface area contributed by atoms with Gasteiger partial charge in [-0.2, -0.15) is 5.26 Å². The molecule has 1 aliphatic rings. The Bertz CT molecular complexity index is 1060. The van der Waals surface area contributed by atoms with Gasteiger partial charge in [-0.1, -0.05) is 30.3 Å². The fourth-order valence-electron chi connectivity index (χ4n) is 3.37. The first-order chi connectivity index (χ1) is 13.2. The van der Waals surface area contributed by atoms with Crippen LogP contribution in [0.5, 0.6) is 0 Å². The van der Waals surface area contributed by atoms with Crippen molar-refractivity contribution in [3.63, 3.8) is 0 Å². The zero-order valence-corrected chi connectivity index (χ0v) is 15.7. The molecule has 1 amide bonds. The van der Waals surface area contributed by atoms with Gasteiger partial charge in [-0.05, 0) is 53.8 Å². The molecule has 1 aliphatic carbocycles. The first kappa shape index (κ1) is 17.6. The number of nitrogens with one attached hydrogen (secondary N) is 1. The summed E-state index contributed by atoms with van der Waals surface area (Å²) in [6.45, 7) is 0. The number of aryl methyl sites for hydroxylation is 2. The van der Waals surface area contributed by atoms with Gasteiger partial charge >= 0.3 is 0 Å². The first-order valence-electron chi connectivity index (χ1n) is 9.07. The van der Waals surface area contributed by atoms with Crippen LogP contribution in [0.15, 0.2) is 53.6 Å². The number of anilines is 1. The lowest BCUT2D eigenvalue weighted by atomic mass is 10.1. The van der Waals surface area contributed by atoms with Crippen molar-refractivity contribution in [2.24, 2.45) is 0 Å². The van der Waals surface area contributed by atoms with Gasteiger partial charge in [0.1, 0.15) is 11.1 Å². The van der Waals surface area contributed by atoms with Crippen molar-refractivity contribution in [1.29, 1.82) is 5.26 Å². The molecule has 1 heterocycles. The Kier molecular flexibility index (Phi) is 5.08. The SMILES string of the molecule is N#Cc1cc2c(nc1SCCC(=O)Nc1ccc3ccccc3c1)CCC2. The normalized spacial score (nSPS) is 12.6. The van der Waals surface area contributed by atoms with Crippen molar-refractivity contribution >= 4 is 34.1 Å². The summed E-state index contributed by atoms with van der Waals surface area (Å²) in [5, 5.41) is 15.3. The number of carbonyl (C=O) groups is 1. The van der Waals surface area contributed by atoms with Gasteiger partial charge in [0.2, 0.25) is 5.91 Å². The fraction of sp³-hybridized carbons (Fsp3) is 0.227. The molecule has 2 aromatic carbocycles. The first-order valence-corrected chi connectivity index (χ1v) is 10.1. The Balaban J connectivity index is 1.36. The Labute approximate surface area is 162 Å². The molecule has 4 nitrogen and oxygen atoms in total. The van der Waals surface area contributed by atoms with E-state index in [1.54, 1.807) is 0 Å². The molecule has 0 saturated heterocycles. The van der Waals surface area contributed by atoms with Gasteiger partial charge in [0, 0.05) is 23.6 Å². The maximum atomic E-state index is 12.3. The summed E-state index contributed by atoms with van der Waals surface area (Å²) in [5.74, 6) is 0.567. The highest BCUT2D eigenvalue weighted by molar-refractivity contribution is 7.99. The predicted molar refractivity (Wildman–Crippen MR) is 109 cm³/mol. The summed E-state index contributed by atoms with van der Waals surface area (Å²) in [4.78, 5) is 16.9. The third-order valence-electron chi connectivity index (χ3n) is 4.74. The molecular weight excluding hydrogens is 354 g/mol. The highest BCUT2D eigenvalue weighted by Crippen LogP contribution is 2.28. The van der Waals surface area contributed by atoms with Crippen LogP contribution in [0.2, 0.25) is 0 Å². The van der Waals surface area contributed by atoms with E-state index in [2.05, 4.69) is 16.4 Å². The molecule has 0 saturated carbocycles. The molecule has 0 bridgehead atoms. The fourth-order valence-corrected chi connectivity index (χ4v) is 4.29. The van der Waals surface area contributed by atoms with Gasteiger partial charge in [0.25, 0.3) is 0 Å². The van der Waals surface area contributed by atoms with Crippen LogP contribution in [0, 0.1) is 11.3 Å². The molecule has 0 atom stereocenters. The Morgan fingerprint density at radius 3 is 2.85 bits per heavy atom. The Morgan fingerprint density at radius 1 is 1.15 bits per heavy atom. The van der Waals surface area contributed by atoms with Crippen molar-refractivity contribution in [3.8, 4) is 6.07 Å². The zero-order chi connectivity index (χ0) is 18.6. The molecule has 3 aromatic rings. The van der Waals surface area contributed by atoms with Crippen molar-refractivity contribution in [1.82, 2.24) is 4.98 Å².